The molecule has 0 aliphatic carbocycles. The number of piperidine rings is 1. The van der Waals surface area contributed by atoms with Crippen LogP contribution in [0.3, 0.4) is 0 Å². The molecule has 176 valence electrons. The number of aliphatic imine (C=N–C) groups is 1. The van der Waals surface area contributed by atoms with Crippen molar-refractivity contribution in [1.82, 2.24) is 14.9 Å². The first kappa shape index (κ1) is 21.7. The molecular weight excluding hydrogens is 432 g/mol. The topological polar surface area (TPSA) is 58.7 Å². The van der Waals surface area contributed by atoms with Crippen LogP contribution in [0.1, 0.15) is 62.7 Å². The second-order valence-electron chi connectivity index (χ2n) is 9.53. The number of hydrogen-bond donors (Lipinski definition) is 0. The molecule has 0 N–H and O–H groups in total. The van der Waals surface area contributed by atoms with Crippen molar-refractivity contribution in [1.29, 1.82) is 0 Å². The van der Waals surface area contributed by atoms with Crippen molar-refractivity contribution in [3.8, 4) is 0 Å². The van der Waals surface area contributed by atoms with E-state index in [1.54, 1.807) is 4.79 Å². The molecule has 2 aliphatic rings. The maximum absolute atomic E-state index is 5.07. The lowest BCUT2D eigenvalue weighted by atomic mass is 10.0. The molecule has 3 heterocycles. The normalized spacial score (nSPS) is 17.6. The van der Waals surface area contributed by atoms with Crippen molar-refractivity contribution in [2.24, 2.45) is 10.1 Å². The van der Waals surface area contributed by atoms with Crippen LogP contribution < -0.4 is 4.90 Å². The predicted octanol–water partition coefficient (Wildman–Crippen LogP) is 6.32. The van der Waals surface area contributed by atoms with E-state index in [1.165, 1.54) is 35.7 Å². The van der Waals surface area contributed by atoms with Gasteiger partial charge in [-0.2, -0.15) is 0 Å². The fourth-order valence-electron chi connectivity index (χ4n) is 4.83. The Morgan fingerprint density at radius 2 is 1.69 bits per heavy atom. The zero-order valence-corrected chi connectivity index (χ0v) is 20.4. The number of nitrogens with zero attached hydrogens (tertiary/aromatic N) is 6. The second-order valence-corrected chi connectivity index (χ2v) is 9.53. The van der Waals surface area contributed by atoms with Gasteiger partial charge in [0.05, 0.1) is 5.69 Å². The molecule has 3 aromatic carbocycles. The van der Waals surface area contributed by atoms with E-state index in [0.29, 0.717) is 5.82 Å². The molecule has 35 heavy (non-hydrogen) atoms. The highest BCUT2D eigenvalue weighted by molar-refractivity contribution is 6.54. The number of aromatic nitrogens is 3. The van der Waals surface area contributed by atoms with Crippen LogP contribution in [0, 0.1) is 0 Å². The van der Waals surface area contributed by atoms with Gasteiger partial charge in [0.15, 0.2) is 5.82 Å². The van der Waals surface area contributed by atoms with E-state index >= 15 is 0 Å². The maximum atomic E-state index is 5.07. The van der Waals surface area contributed by atoms with Crippen molar-refractivity contribution in [2.45, 2.75) is 45.4 Å². The second kappa shape index (κ2) is 9.10. The number of anilines is 1. The lowest BCUT2D eigenvalue weighted by molar-refractivity contribution is 0.578. The third-order valence-corrected chi connectivity index (χ3v) is 7.13. The standard InChI is InChI=1S/C29H30N6/c1-3-20(2)28-31-29-27(30-24-13-15-25(16-14-24)34-17-7-4-8-18-34)26(32-35(29)33-28)23-12-11-21-9-5-6-10-22(21)19-23/h5-6,9-16,19-20H,3-4,7-8,17-18H2,1-2H3. The third kappa shape index (κ3) is 4.14. The van der Waals surface area contributed by atoms with E-state index in [4.69, 9.17) is 20.2 Å². The van der Waals surface area contributed by atoms with Crippen molar-refractivity contribution in [3.05, 3.63) is 83.9 Å². The molecule has 2 aliphatic heterocycles. The van der Waals surface area contributed by atoms with E-state index in [2.05, 4.69) is 85.5 Å². The average Bonchev–Trinajstić information content (AvgIpc) is 3.48. The van der Waals surface area contributed by atoms with Gasteiger partial charge in [-0.15, -0.1) is 15.0 Å². The molecule has 1 unspecified atom stereocenters. The highest BCUT2D eigenvalue weighted by Crippen LogP contribution is 2.27. The van der Waals surface area contributed by atoms with Crippen LogP contribution in [0.2, 0.25) is 0 Å². The van der Waals surface area contributed by atoms with Gasteiger partial charge in [-0.1, -0.05) is 50.2 Å². The molecule has 1 fully saturated rings. The molecule has 6 nitrogen and oxygen atoms in total. The Kier molecular flexibility index (Phi) is 5.64. The molecule has 4 aromatic rings. The fraction of sp³-hybridized carbons (Fsp3) is 0.310. The van der Waals surface area contributed by atoms with E-state index in [9.17, 15) is 0 Å². The molecule has 0 radical (unpaired) electrons. The lowest BCUT2D eigenvalue weighted by Crippen LogP contribution is -2.29. The van der Waals surface area contributed by atoms with Crippen LogP contribution in [0.25, 0.3) is 10.8 Å². The smallest absolute Gasteiger partial charge is 0.204 e. The maximum Gasteiger partial charge on any atom is 0.204 e. The van der Waals surface area contributed by atoms with Crippen LogP contribution in [-0.2, 0) is 0 Å². The molecular formula is C29H30N6. The minimum Gasteiger partial charge on any atom is -0.372 e. The lowest BCUT2D eigenvalue weighted by Gasteiger charge is -2.28. The molecule has 0 bridgehead atoms. The first-order valence-corrected chi connectivity index (χ1v) is 12.7. The first-order chi connectivity index (χ1) is 17.2. The molecule has 0 saturated carbocycles. The summed E-state index contributed by atoms with van der Waals surface area (Å²) in [7, 11) is 0. The van der Waals surface area contributed by atoms with Gasteiger partial charge in [-0.3, -0.25) is 0 Å². The van der Waals surface area contributed by atoms with Gasteiger partial charge in [-0.25, -0.2) is 9.98 Å². The SMILES string of the molecule is CCC(C)c1nc2n(n1)N=C(c1ccc3ccccc3c1)C2=Nc1ccc(N2CCCCC2)cc1. The molecule has 6 heteroatoms. The highest BCUT2D eigenvalue weighted by Gasteiger charge is 2.29. The number of rotatable bonds is 5. The Labute approximate surface area is 206 Å². The quantitative estimate of drug-likeness (QED) is 0.349. The minimum absolute atomic E-state index is 0.275. The molecule has 0 amide bonds. The minimum atomic E-state index is 0.275. The van der Waals surface area contributed by atoms with Crippen LogP contribution in [0.5, 0.6) is 0 Å². The Morgan fingerprint density at radius 1 is 0.914 bits per heavy atom. The Bertz CT molecular complexity index is 1420. The summed E-state index contributed by atoms with van der Waals surface area (Å²) in [5.41, 5.74) is 4.76. The van der Waals surface area contributed by atoms with Crippen molar-refractivity contribution in [3.63, 3.8) is 0 Å². The summed E-state index contributed by atoms with van der Waals surface area (Å²) in [5, 5.41) is 11.9. The molecule has 6 rings (SSSR count). The monoisotopic (exact) mass is 462 g/mol. The molecule has 1 saturated heterocycles. The van der Waals surface area contributed by atoms with Gasteiger partial charge in [0.25, 0.3) is 0 Å². The van der Waals surface area contributed by atoms with E-state index in [0.717, 1.165) is 48.0 Å². The fourth-order valence-corrected chi connectivity index (χ4v) is 4.83. The van der Waals surface area contributed by atoms with Crippen molar-refractivity contribution >= 4 is 33.6 Å². The summed E-state index contributed by atoms with van der Waals surface area (Å²) in [5.74, 6) is 1.80. The Hall–Kier alpha value is -3.80. The summed E-state index contributed by atoms with van der Waals surface area (Å²) in [4.78, 5) is 14.1. The van der Waals surface area contributed by atoms with Crippen LogP contribution in [0.15, 0.2) is 76.8 Å². The summed E-state index contributed by atoms with van der Waals surface area (Å²) in [6.45, 7) is 6.57. The zero-order chi connectivity index (χ0) is 23.8. The number of hydrogen-bond acceptors (Lipinski definition) is 5. The first-order valence-electron chi connectivity index (χ1n) is 12.7. The Morgan fingerprint density at radius 3 is 2.46 bits per heavy atom. The average molecular weight is 463 g/mol. The summed E-state index contributed by atoms with van der Waals surface area (Å²) < 4.78 is 0. The highest BCUT2D eigenvalue weighted by atomic mass is 15.6. The summed E-state index contributed by atoms with van der Waals surface area (Å²) in [6.07, 6.45) is 4.85. The van der Waals surface area contributed by atoms with E-state index in [-0.39, 0.29) is 5.92 Å². The van der Waals surface area contributed by atoms with Gasteiger partial charge < -0.3 is 4.90 Å². The third-order valence-electron chi connectivity index (χ3n) is 7.13. The van der Waals surface area contributed by atoms with E-state index < -0.39 is 0 Å². The predicted molar refractivity (Wildman–Crippen MR) is 143 cm³/mol. The largest absolute Gasteiger partial charge is 0.372 e. The molecule has 1 atom stereocenters. The van der Waals surface area contributed by atoms with Crippen molar-refractivity contribution < 1.29 is 0 Å². The van der Waals surface area contributed by atoms with Crippen LogP contribution in [0.4, 0.5) is 11.4 Å². The Balaban J connectivity index is 1.40. The molecule has 0 spiro atoms. The van der Waals surface area contributed by atoms with Gasteiger partial charge in [-0.05, 0) is 66.8 Å². The number of fused-ring (bicyclic) bond motifs is 2. The number of benzene rings is 3. The zero-order valence-electron chi connectivity index (χ0n) is 20.4. The molecule has 1 aromatic heterocycles. The van der Waals surface area contributed by atoms with Crippen LogP contribution >= 0.6 is 0 Å². The van der Waals surface area contributed by atoms with Crippen molar-refractivity contribution in [2.75, 3.05) is 18.0 Å². The van der Waals surface area contributed by atoms with Gasteiger partial charge in [0.1, 0.15) is 11.4 Å². The summed E-state index contributed by atoms with van der Waals surface area (Å²) >= 11 is 0. The van der Waals surface area contributed by atoms with Gasteiger partial charge in [0, 0.05) is 30.3 Å². The van der Waals surface area contributed by atoms with Gasteiger partial charge in [0.2, 0.25) is 5.82 Å². The van der Waals surface area contributed by atoms with Gasteiger partial charge >= 0.3 is 0 Å². The van der Waals surface area contributed by atoms with Crippen LogP contribution in [-0.4, -0.2) is 39.4 Å². The summed E-state index contributed by atoms with van der Waals surface area (Å²) in [6, 6.07) is 23.4. The van der Waals surface area contributed by atoms with E-state index in [1.807, 2.05) is 0 Å².